The van der Waals surface area contributed by atoms with Crippen molar-refractivity contribution in [2.24, 2.45) is 10.7 Å². The standard InChI is InChI=1S/C17H20N4/c1-12-6-2-3-7-15(12)13-10-14(11-13)20-17(18)21-16-8-4-5-9-19-16/h2-9,13-14H,10-11H2,1H3,(H3,18,19,20,21). The highest BCUT2D eigenvalue weighted by Crippen LogP contribution is 2.39. The van der Waals surface area contributed by atoms with Crippen molar-refractivity contribution >= 4 is 11.8 Å². The first kappa shape index (κ1) is 13.6. The van der Waals surface area contributed by atoms with Gasteiger partial charge in [0.15, 0.2) is 5.96 Å². The molecule has 1 fully saturated rings. The number of rotatable bonds is 3. The molecule has 1 aromatic carbocycles. The number of pyridine rings is 1. The van der Waals surface area contributed by atoms with Gasteiger partial charge in [-0.2, -0.15) is 0 Å². The summed E-state index contributed by atoms with van der Waals surface area (Å²) in [4.78, 5) is 8.70. The molecule has 0 atom stereocenters. The van der Waals surface area contributed by atoms with Crippen LogP contribution in [0.15, 0.2) is 53.7 Å². The molecule has 2 aromatic rings. The average Bonchev–Trinajstić information content (AvgIpc) is 2.45. The first-order chi connectivity index (χ1) is 10.2. The first-order valence-corrected chi connectivity index (χ1v) is 7.29. The number of benzene rings is 1. The quantitative estimate of drug-likeness (QED) is 0.671. The fraction of sp³-hybridized carbons (Fsp3) is 0.294. The molecule has 21 heavy (non-hydrogen) atoms. The molecule has 1 saturated carbocycles. The summed E-state index contributed by atoms with van der Waals surface area (Å²) in [6.45, 7) is 2.17. The maximum Gasteiger partial charge on any atom is 0.194 e. The summed E-state index contributed by atoms with van der Waals surface area (Å²) in [5, 5.41) is 3.02. The minimum atomic E-state index is 0.311. The predicted octanol–water partition coefficient (Wildman–Crippen LogP) is 3.06. The Morgan fingerprint density at radius 3 is 2.67 bits per heavy atom. The molecule has 3 rings (SSSR count). The minimum Gasteiger partial charge on any atom is -0.370 e. The average molecular weight is 280 g/mol. The Morgan fingerprint density at radius 1 is 1.19 bits per heavy atom. The van der Waals surface area contributed by atoms with Gasteiger partial charge in [0, 0.05) is 6.20 Å². The summed E-state index contributed by atoms with van der Waals surface area (Å²) in [6, 6.07) is 14.6. The molecule has 4 nitrogen and oxygen atoms in total. The third-order valence-corrected chi connectivity index (χ3v) is 3.98. The van der Waals surface area contributed by atoms with E-state index in [9.17, 15) is 0 Å². The van der Waals surface area contributed by atoms with Crippen LogP contribution in [0.3, 0.4) is 0 Å². The summed E-state index contributed by atoms with van der Waals surface area (Å²) in [7, 11) is 0. The van der Waals surface area contributed by atoms with Crippen molar-refractivity contribution in [3.63, 3.8) is 0 Å². The molecule has 0 saturated heterocycles. The van der Waals surface area contributed by atoms with E-state index in [1.54, 1.807) is 6.20 Å². The molecule has 0 unspecified atom stereocenters. The van der Waals surface area contributed by atoms with E-state index in [0.29, 0.717) is 17.9 Å². The van der Waals surface area contributed by atoms with Gasteiger partial charge in [0.2, 0.25) is 0 Å². The SMILES string of the molecule is Cc1ccccc1C1CC(N=C(N)Nc2ccccn2)C1. The Hall–Kier alpha value is -2.36. The van der Waals surface area contributed by atoms with Gasteiger partial charge in [-0.1, -0.05) is 30.3 Å². The lowest BCUT2D eigenvalue weighted by Gasteiger charge is -2.34. The smallest absolute Gasteiger partial charge is 0.194 e. The Kier molecular flexibility index (Phi) is 3.86. The summed E-state index contributed by atoms with van der Waals surface area (Å²) in [6.07, 6.45) is 3.86. The van der Waals surface area contributed by atoms with E-state index in [-0.39, 0.29) is 0 Å². The summed E-state index contributed by atoms with van der Waals surface area (Å²) < 4.78 is 0. The normalized spacial score (nSPS) is 21.7. The first-order valence-electron chi connectivity index (χ1n) is 7.29. The Balaban J connectivity index is 1.57. The number of nitrogens with one attached hydrogen (secondary N) is 1. The molecule has 1 aliphatic carbocycles. The number of aryl methyl sites for hydroxylation is 1. The molecular formula is C17H20N4. The fourth-order valence-electron chi connectivity index (χ4n) is 2.79. The third kappa shape index (κ3) is 3.21. The van der Waals surface area contributed by atoms with Crippen molar-refractivity contribution in [3.8, 4) is 0 Å². The molecule has 1 aliphatic rings. The highest BCUT2D eigenvalue weighted by Gasteiger charge is 2.30. The summed E-state index contributed by atoms with van der Waals surface area (Å²) in [5.74, 6) is 1.79. The van der Waals surface area contributed by atoms with Gasteiger partial charge in [0.1, 0.15) is 5.82 Å². The lowest BCUT2D eigenvalue weighted by Crippen LogP contribution is -2.31. The zero-order valence-electron chi connectivity index (χ0n) is 12.2. The molecule has 4 heteroatoms. The van der Waals surface area contributed by atoms with Crippen molar-refractivity contribution in [3.05, 3.63) is 59.8 Å². The maximum atomic E-state index is 5.93. The van der Waals surface area contributed by atoms with Gasteiger partial charge in [0.25, 0.3) is 0 Å². The molecule has 1 heterocycles. The number of anilines is 1. The summed E-state index contributed by atoms with van der Waals surface area (Å²) in [5.41, 5.74) is 8.74. The van der Waals surface area contributed by atoms with Crippen LogP contribution in [0, 0.1) is 6.92 Å². The zero-order chi connectivity index (χ0) is 14.7. The van der Waals surface area contributed by atoms with Crippen LogP contribution in [0.25, 0.3) is 0 Å². The van der Waals surface area contributed by atoms with Crippen LogP contribution in [0.1, 0.15) is 29.9 Å². The van der Waals surface area contributed by atoms with Crippen molar-refractivity contribution in [2.45, 2.75) is 31.7 Å². The van der Waals surface area contributed by atoms with Crippen LogP contribution in [0.2, 0.25) is 0 Å². The number of hydrogen-bond donors (Lipinski definition) is 2. The highest BCUT2D eigenvalue weighted by atomic mass is 15.1. The molecule has 108 valence electrons. The second kappa shape index (κ2) is 5.95. The van der Waals surface area contributed by atoms with Crippen molar-refractivity contribution < 1.29 is 0 Å². The number of nitrogens with two attached hydrogens (primary N) is 1. The van der Waals surface area contributed by atoms with Gasteiger partial charge < -0.3 is 11.1 Å². The minimum absolute atomic E-state index is 0.311. The Morgan fingerprint density at radius 2 is 1.95 bits per heavy atom. The highest BCUT2D eigenvalue weighted by molar-refractivity contribution is 5.91. The Labute approximate surface area is 125 Å². The van der Waals surface area contributed by atoms with Gasteiger partial charge in [0.05, 0.1) is 6.04 Å². The monoisotopic (exact) mass is 280 g/mol. The predicted molar refractivity (Wildman–Crippen MR) is 86.4 cm³/mol. The number of aliphatic imine (C=N–C) groups is 1. The second-order valence-corrected chi connectivity index (χ2v) is 5.53. The number of hydrogen-bond acceptors (Lipinski definition) is 2. The number of aromatic nitrogens is 1. The molecule has 1 aromatic heterocycles. The molecule has 3 N–H and O–H groups in total. The number of guanidine groups is 1. The van der Waals surface area contributed by atoms with E-state index in [0.717, 1.165) is 18.7 Å². The van der Waals surface area contributed by atoms with Gasteiger partial charge in [-0.15, -0.1) is 0 Å². The maximum absolute atomic E-state index is 5.93. The lowest BCUT2D eigenvalue weighted by atomic mass is 9.75. The number of nitrogens with zero attached hydrogens (tertiary/aromatic N) is 2. The zero-order valence-corrected chi connectivity index (χ0v) is 12.2. The van der Waals surface area contributed by atoms with Crippen molar-refractivity contribution in [2.75, 3.05) is 5.32 Å². The van der Waals surface area contributed by atoms with E-state index >= 15 is 0 Å². The van der Waals surface area contributed by atoms with Gasteiger partial charge in [-0.25, -0.2) is 9.98 Å². The second-order valence-electron chi connectivity index (χ2n) is 5.53. The van der Waals surface area contributed by atoms with E-state index in [4.69, 9.17) is 5.73 Å². The van der Waals surface area contributed by atoms with Crippen LogP contribution in [0.5, 0.6) is 0 Å². The van der Waals surface area contributed by atoms with E-state index < -0.39 is 0 Å². The van der Waals surface area contributed by atoms with Gasteiger partial charge >= 0.3 is 0 Å². The van der Waals surface area contributed by atoms with Crippen LogP contribution in [0.4, 0.5) is 5.82 Å². The molecule has 0 bridgehead atoms. The fourth-order valence-corrected chi connectivity index (χ4v) is 2.79. The molecule has 0 spiro atoms. The van der Waals surface area contributed by atoms with Crippen LogP contribution in [-0.4, -0.2) is 17.0 Å². The van der Waals surface area contributed by atoms with Crippen molar-refractivity contribution in [1.29, 1.82) is 0 Å². The molecule has 0 amide bonds. The summed E-state index contributed by atoms with van der Waals surface area (Å²) >= 11 is 0. The Bertz CT molecular complexity index is 630. The van der Waals surface area contributed by atoms with Crippen LogP contribution in [-0.2, 0) is 0 Å². The van der Waals surface area contributed by atoms with Crippen LogP contribution >= 0.6 is 0 Å². The largest absolute Gasteiger partial charge is 0.370 e. The van der Waals surface area contributed by atoms with E-state index in [1.165, 1.54) is 11.1 Å². The van der Waals surface area contributed by atoms with Gasteiger partial charge in [-0.3, -0.25) is 0 Å². The lowest BCUT2D eigenvalue weighted by molar-refractivity contribution is 0.352. The third-order valence-electron chi connectivity index (χ3n) is 3.98. The van der Waals surface area contributed by atoms with E-state index in [2.05, 4.69) is 46.5 Å². The molecule has 0 radical (unpaired) electrons. The topological polar surface area (TPSA) is 63.3 Å². The van der Waals surface area contributed by atoms with E-state index in [1.807, 2.05) is 18.2 Å². The molecule has 0 aliphatic heterocycles. The van der Waals surface area contributed by atoms with Gasteiger partial charge in [-0.05, 0) is 48.9 Å². The molecular weight excluding hydrogens is 260 g/mol. The van der Waals surface area contributed by atoms with Crippen molar-refractivity contribution in [1.82, 2.24) is 4.98 Å². The van der Waals surface area contributed by atoms with Crippen LogP contribution < -0.4 is 11.1 Å².